The summed E-state index contributed by atoms with van der Waals surface area (Å²) in [6, 6.07) is 6.14. The van der Waals surface area contributed by atoms with Crippen molar-refractivity contribution < 1.29 is 0 Å². The van der Waals surface area contributed by atoms with Gasteiger partial charge < -0.3 is 10.6 Å². The van der Waals surface area contributed by atoms with Crippen LogP contribution in [0.15, 0.2) is 18.3 Å². The van der Waals surface area contributed by atoms with Gasteiger partial charge in [-0.15, -0.1) is 0 Å². The summed E-state index contributed by atoms with van der Waals surface area (Å²) in [4.78, 5) is 6.54. The molecule has 1 rings (SSSR count). The third-order valence-corrected chi connectivity index (χ3v) is 2.70. The van der Waals surface area contributed by atoms with Crippen molar-refractivity contribution in [2.75, 3.05) is 18.0 Å². The second-order valence-corrected chi connectivity index (χ2v) is 4.98. The van der Waals surface area contributed by atoms with E-state index in [-0.39, 0.29) is 6.04 Å². The minimum atomic E-state index is 0.00335. The van der Waals surface area contributed by atoms with Gasteiger partial charge in [-0.2, -0.15) is 5.26 Å². The van der Waals surface area contributed by atoms with Crippen LogP contribution in [-0.2, 0) is 0 Å². The lowest BCUT2D eigenvalue weighted by molar-refractivity contribution is 0.607. The van der Waals surface area contributed by atoms with E-state index in [0.717, 1.165) is 17.9 Å². The topological polar surface area (TPSA) is 65.9 Å². The average molecular weight is 246 g/mol. The second-order valence-electron chi connectivity index (χ2n) is 4.98. The number of pyridine rings is 1. The smallest absolute Gasteiger partial charge is 0.128 e. The molecule has 0 amide bonds. The monoisotopic (exact) mass is 246 g/mol. The minimum Gasteiger partial charge on any atom is -0.355 e. The maximum Gasteiger partial charge on any atom is 0.128 e. The fourth-order valence-electron chi connectivity index (χ4n) is 1.82. The molecule has 0 saturated heterocycles. The highest BCUT2D eigenvalue weighted by atomic mass is 15.2. The molecule has 0 fully saturated rings. The van der Waals surface area contributed by atoms with E-state index < -0.39 is 0 Å². The predicted octanol–water partition coefficient (Wildman–Crippen LogP) is 2.48. The summed E-state index contributed by atoms with van der Waals surface area (Å²) in [6.45, 7) is 7.89. The molecule has 4 nitrogen and oxygen atoms in total. The van der Waals surface area contributed by atoms with Crippen LogP contribution in [0.4, 0.5) is 5.82 Å². The molecular formula is C14H22N4. The summed E-state index contributed by atoms with van der Waals surface area (Å²) in [5.41, 5.74) is 6.96. The van der Waals surface area contributed by atoms with Gasteiger partial charge in [0, 0.05) is 25.3 Å². The second kappa shape index (κ2) is 6.97. The molecule has 0 unspecified atom stereocenters. The van der Waals surface area contributed by atoms with E-state index in [4.69, 9.17) is 11.0 Å². The highest BCUT2D eigenvalue weighted by Gasteiger charge is 2.11. The largest absolute Gasteiger partial charge is 0.355 e. The zero-order chi connectivity index (χ0) is 13.5. The molecular weight excluding hydrogens is 224 g/mol. The minimum absolute atomic E-state index is 0.00335. The van der Waals surface area contributed by atoms with Gasteiger partial charge in [0.2, 0.25) is 0 Å². The normalized spacial score (nSPS) is 12.2. The molecule has 1 heterocycles. The molecule has 0 bridgehead atoms. The van der Waals surface area contributed by atoms with Crippen molar-refractivity contribution in [3.63, 3.8) is 0 Å². The molecule has 1 aromatic rings. The molecule has 0 aromatic carbocycles. The fraction of sp³-hybridized carbons (Fsp3) is 0.571. The number of nitrogens with two attached hydrogens (primary N) is 1. The Bertz CT molecular complexity index is 407. The zero-order valence-electron chi connectivity index (χ0n) is 11.4. The van der Waals surface area contributed by atoms with Crippen molar-refractivity contribution in [3.05, 3.63) is 23.9 Å². The van der Waals surface area contributed by atoms with Gasteiger partial charge in [-0.3, -0.25) is 0 Å². The summed E-state index contributed by atoms with van der Waals surface area (Å²) >= 11 is 0. The van der Waals surface area contributed by atoms with Crippen LogP contribution in [0.2, 0.25) is 0 Å². The highest BCUT2D eigenvalue weighted by molar-refractivity contribution is 5.42. The van der Waals surface area contributed by atoms with Crippen molar-refractivity contribution in [2.24, 2.45) is 11.7 Å². The van der Waals surface area contributed by atoms with Crippen LogP contribution in [0, 0.1) is 17.2 Å². The Labute approximate surface area is 109 Å². The number of rotatable bonds is 6. The van der Waals surface area contributed by atoms with Crippen LogP contribution >= 0.6 is 0 Å². The molecule has 0 aliphatic carbocycles. The maximum atomic E-state index is 8.72. The first kappa shape index (κ1) is 14.5. The Kier molecular flexibility index (Phi) is 5.60. The molecule has 18 heavy (non-hydrogen) atoms. The Hall–Kier alpha value is -1.60. The van der Waals surface area contributed by atoms with Gasteiger partial charge in [0.15, 0.2) is 0 Å². The van der Waals surface area contributed by atoms with Crippen LogP contribution in [-0.4, -0.2) is 18.1 Å². The van der Waals surface area contributed by atoms with E-state index in [1.54, 1.807) is 6.20 Å². The molecule has 4 heteroatoms. The van der Waals surface area contributed by atoms with Crippen LogP contribution in [0.5, 0.6) is 0 Å². The van der Waals surface area contributed by atoms with Gasteiger partial charge in [-0.25, -0.2) is 4.98 Å². The summed E-state index contributed by atoms with van der Waals surface area (Å²) in [5.74, 6) is 1.44. The molecule has 0 radical (unpaired) electrons. The first-order valence-corrected chi connectivity index (χ1v) is 6.38. The number of hydrogen-bond donors (Lipinski definition) is 1. The Morgan fingerprint density at radius 1 is 1.44 bits per heavy atom. The maximum absolute atomic E-state index is 8.72. The molecule has 0 aliphatic rings. The Balaban J connectivity index is 2.89. The van der Waals surface area contributed by atoms with Crippen LogP contribution in [0.25, 0.3) is 0 Å². The zero-order valence-corrected chi connectivity index (χ0v) is 11.4. The van der Waals surface area contributed by atoms with Crippen molar-refractivity contribution in [1.82, 2.24) is 4.98 Å². The first-order valence-electron chi connectivity index (χ1n) is 6.38. The predicted molar refractivity (Wildman–Crippen MR) is 74.1 cm³/mol. The van der Waals surface area contributed by atoms with E-state index in [1.807, 2.05) is 19.1 Å². The molecule has 0 saturated carbocycles. The number of hydrogen-bond acceptors (Lipinski definition) is 4. The van der Waals surface area contributed by atoms with Crippen LogP contribution in [0.1, 0.15) is 38.8 Å². The van der Waals surface area contributed by atoms with Crippen LogP contribution in [0.3, 0.4) is 0 Å². The SMILES string of the molecule is CC(C)CN(CCC#N)c1cc([C@H](C)N)ccn1. The Morgan fingerprint density at radius 3 is 2.72 bits per heavy atom. The third kappa shape index (κ3) is 4.34. The Morgan fingerprint density at radius 2 is 2.17 bits per heavy atom. The molecule has 0 spiro atoms. The van der Waals surface area contributed by atoms with Crippen molar-refractivity contribution in [2.45, 2.75) is 33.2 Å². The number of anilines is 1. The van der Waals surface area contributed by atoms with E-state index in [1.165, 1.54) is 0 Å². The van der Waals surface area contributed by atoms with E-state index in [2.05, 4.69) is 29.8 Å². The highest BCUT2D eigenvalue weighted by Crippen LogP contribution is 2.18. The third-order valence-electron chi connectivity index (χ3n) is 2.70. The summed E-state index contributed by atoms with van der Waals surface area (Å²) in [5, 5.41) is 8.72. The molecule has 1 atom stereocenters. The van der Waals surface area contributed by atoms with Gasteiger partial charge in [0.05, 0.1) is 12.5 Å². The van der Waals surface area contributed by atoms with Gasteiger partial charge >= 0.3 is 0 Å². The fourth-order valence-corrected chi connectivity index (χ4v) is 1.82. The van der Waals surface area contributed by atoms with E-state index in [9.17, 15) is 0 Å². The number of nitrogens with zero attached hydrogens (tertiary/aromatic N) is 3. The van der Waals surface area contributed by atoms with Crippen molar-refractivity contribution in [3.8, 4) is 6.07 Å². The lowest BCUT2D eigenvalue weighted by Gasteiger charge is -2.25. The van der Waals surface area contributed by atoms with Gasteiger partial charge in [-0.1, -0.05) is 13.8 Å². The van der Waals surface area contributed by atoms with Crippen molar-refractivity contribution in [1.29, 1.82) is 5.26 Å². The molecule has 98 valence electrons. The van der Waals surface area contributed by atoms with E-state index in [0.29, 0.717) is 18.9 Å². The first-order chi connectivity index (χ1) is 8.54. The number of aromatic nitrogens is 1. The standard InChI is InChI=1S/C14H22N4/c1-11(2)10-18(8-4-6-15)14-9-13(12(3)16)5-7-17-14/h5,7,9,11-12H,4,8,10,16H2,1-3H3/t12-/m0/s1. The van der Waals surface area contributed by atoms with E-state index >= 15 is 0 Å². The average Bonchev–Trinajstić information content (AvgIpc) is 2.34. The lowest BCUT2D eigenvalue weighted by atomic mass is 10.1. The number of nitriles is 1. The summed E-state index contributed by atoms with van der Waals surface area (Å²) < 4.78 is 0. The van der Waals surface area contributed by atoms with Gasteiger partial charge in [-0.05, 0) is 30.5 Å². The molecule has 1 aromatic heterocycles. The summed E-state index contributed by atoms with van der Waals surface area (Å²) in [7, 11) is 0. The van der Waals surface area contributed by atoms with Gasteiger partial charge in [0.1, 0.15) is 5.82 Å². The lowest BCUT2D eigenvalue weighted by Crippen LogP contribution is -2.29. The molecule has 2 N–H and O–H groups in total. The van der Waals surface area contributed by atoms with Gasteiger partial charge in [0.25, 0.3) is 0 Å². The van der Waals surface area contributed by atoms with Crippen LogP contribution < -0.4 is 10.6 Å². The van der Waals surface area contributed by atoms with Crippen molar-refractivity contribution >= 4 is 5.82 Å². The quantitative estimate of drug-likeness (QED) is 0.837. The molecule has 0 aliphatic heterocycles. The summed E-state index contributed by atoms with van der Waals surface area (Å²) in [6.07, 6.45) is 2.30.